The molecule has 1 rings (SSSR count). The number of phenolic OH excluding ortho intramolecular Hbond substituents is 1. The van der Waals surface area contributed by atoms with E-state index < -0.39 is 4.92 Å². The lowest BCUT2D eigenvalue weighted by atomic mass is 10.1. The summed E-state index contributed by atoms with van der Waals surface area (Å²) in [6, 6.07) is 2.89. The first-order valence-electron chi connectivity index (χ1n) is 4.35. The van der Waals surface area contributed by atoms with Gasteiger partial charge in [-0.3, -0.25) is 10.1 Å². The number of aromatic hydroxyl groups is 1. The van der Waals surface area contributed by atoms with Crippen molar-refractivity contribution in [3.63, 3.8) is 0 Å². The Balaban J connectivity index is 3.22. The Kier molecular flexibility index (Phi) is 3.73. The highest BCUT2D eigenvalue weighted by Crippen LogP contribution is 2.35. The lowest BCUT2D eigenvalue weighted by Gasteiger charge is -2.06. The fourth-order valence-corrected chi connectivity index (χ4v) is 1.35. The number of ether oxygens (including phenoxy) is 1. The van der Waals surface area contributed by atoms with Gasteiger partial charge in [-0.2, -0.15) is 0 Å². The number of benzene rings is 1. The zero-order valence-corrected chi connectivity index (χ0v) is 9.49. The number of phenols is 1. The molecule has 5 nitrogen and oxygen atoms in total. The first-order chi connectivity index (χ1) is 7.45. The zero-order valence-electron chi connectivity index (χ0n) is 8.73. The third-order valence-corrected chi connectivity index (χ3v) is 2.22. The monoisotopic (exact) mass is 243 g/mol. The van der Waals surface area contributed by atoms with Gasteiger partial charge in [-0.1, -0.05) is 11.6 Å². The average molecular weight is 244 g/mol. The molecule has 1 N–H and O–H groups in total. The molecule has 0 saturated carbocycles. The van der Waals surface area contributed by atoms with Crippen molar-refractivity contribution in [2.24, 2.45) is 0 Å². The molecule has 0 radical (unpaired) electrons. The van der Waals surface area contributed by atoms with Crippen molar-refractivity contribution in [3.05, 3.63) is 38.5 Å². The lowest BCUT2D eigenvalue weighted by Crippen LogP contribution is -1.93. The standard InChI is InChI=1S/C10H10ClNO4/c1-6(12(14)15)3-7-4-8(11)10(13)9(5-7)16-2/h3-5,13H,1-2H3/b6-3+. The molecule has 0 bridgehead atoms. The van der Waals surface area contributed by atoms with Gasteiger partial charge in [0.15, 0.2) is 11.5 Å². The van der Waals surface area contributed by atoms with Crippen LogP contribution in [0.3, 0.4) is 0 Å². The van der Waals surface area contributed by atoms with Gasteiger partial charge in [-0.25, -0.2) is 0 Å². The van der Waals surface area contributed by atoms with Crippen molar-refractivity contribution < 1.29 is 14.8 Å². The Morgan fingerprint density at radius 1 is 1.62 bits per heavy atom. The van der Waals surface area contributed by atoms with Gasteiger partial charge in [0, 0.05) is 13.0 Å². The minimum absolute atomic E-state index is 0.0243. The summed E-state index contributed by atoms with van der Waals surface area (Å²) in [7, 11) is 1.37. The highest BCUT2D eigenvalue weighted by atomic mass is 35.5. The minimum atomic E-state index is -0.507. The van der Waals surface area contributed by atoms with E-state index in [2.05, 4.69) is 0 Å². The third kappa shape index (κ3) is 2.64. The fraction of sp³-hybridized carbons (Fsp3) is 0.200. The Bertz CT molecular complexity index is 456. The molecule has 0 amide bonds. The van der Waals surface area contributed by atoms with E-state index >= 15 is 0 Å². The van der Waals surface area contributed by atoms with Gasteiger partial charge in [-0.15, -0.1) is 0 Å². The first-order valence-corrected chi connectivity index (χ1v) is 4.72. The highest BCUT2D eigenvalue weighted by molar-refractivity contribution is 6.32. The van der Waals surface area contributed by atoms with Gasteiger partial charge in [0.2, 0.25) is 5.70 Å². The first kappa shape index (κ1) is 12.3. The van der Waals surface area contributed by atoms with Crippen LogP contribution in [-0.2, 0) is 0 Å². The van der Waals surface area contributed by atoms with E-state index in [1.54, 1.807) is 0 Å². The van der Waals surface area contributed by atoms with Gasteiger partial charge in [0.1, 0.15) is 0 Å². The van der Waals surface area contributed by atoms with E-state index in [0.717, 1.165) is 0 Å². The summed E-state index contributed by atoms with van der Waals surface area (Å²) < 4.78 is 4.87. The van der Waals surface area contributed by atoms with Crippen LogP contribution in [0.15, 0.2) is 17.8 Å². The maximum Gasteiger partial charge on any atom is 0.243 e. The molecule has 0 heterocycles. The summed E-state index contributed by atoms with van der Waals surface area (Å²) in [5.41, 5.74) is 0.470. The van der Waals surface area contributed by atoms with Crippen molar-refractivity contribution in [3.8, 4) is 11.5 Å². The fourth-order valence-electron chi connectivity index (χ4n) is 1.13. The normalized spacial score (nSPS) is 11.3. The average Bonchev–Trinajstić information content (AvgIpc) is 2.22. The molecule has 0 aliphatic heterocycles. The summed E-state index contributed by atoms with van der Waals surface area (Å²) in [5, 5.41) is 20.0. The van der Waals surface area contributed by atoms with Crippen LogP contribution in [0.4, 0.5) is 0 Å². The van der Waals surface area contributed by atoms with Gasteiger partial charge in [0.25, 0.3) is 0 Å². The van der Waals surface area contributed by atoms with E-state index in [9.17, 15) is 15.2 Å². The molecule has 0 aromatic heterocycles. The molecular weight excluding hydrogens is 234 g/mol. The SMILES string of the molecule is COc1cc(/C=C(\C)[N+](=O)[O-])cc(Cl)c1O. The maximum atomic E-state index is 10.4. The lowest BCUT2D eigenvalue weighted by molar-refractivity contribution is -0.422. The van der Waals surface area contributed by atoms with Crippen LogP contribution in [0.1, 0.15) is 12.5 Å². The molecule has 1 aromatic carbocycles. The Labute approximate surface area is 97.1 Å². The van der Waals surface area contributed by atoms with Gasteiger partial charge >= 0.3 is 0 Å². The van der Waals surface area contributed by atoms with Crippen LogP contribution >= 0.6 is 11.6 Å². The van der Waals surface area contributed by atoms with Gasteiger partial charge in [0.05, 0.1) is 17.1 Å². The molecule has 6 heteroatoms. The molecule has 0 fully saturated rings. The largest absolute Gasteiger partial charge is 0.503 e. The van der Waals surface area contributed by atoms with Crippen molar-refractivity contribution in [2.45, 2.75) is 6.92 Å². The molecule has 0 aliphatic carbocycles. The minimum Gasteiger partial charge on any atom is -0.503 e. The third-order valence-electron chi connectivity index (χ3n) is 1.93. The Hall–Kier alpha value is -1.75. The molecule has 0 spiro atoms. The quantitative estimate of drug-likeness (QED) is 0.654. The zero-order chi connectivity index (χ0) is 12.3. The number of nitro groups is 1. The van der Waals surface area contributed by atoms with Crippen LogP contribution in [-0.4, -0.2) is 17.1 Å². The number of nitrogens with zero attached hydrogens (tertiary/aromatic N) is 1. The van der Waals surface area contributed by atoms with Crippen LogP contribution in [0.5, 0.6) is 11.5 Å². The second kappa shape index (κ2) is 4.85. The summed E-state index contributed by atoms with van der Waals surface area (Å²) in [6.07, 6.45) is 1.34. The second-order valence-electron chi connectivity index (χ2n) is 3.10. The summed E-state index contributed by atoms with van der Waals surface area (Å²) in [5.74, 6) is -0.00466. The van der Waals surface area contributed by atoms with Gasteiger partial charge < -0.3 is 9.84 Å². The van der Waals surface area contributed by atoms with E-state index in [1.807, 2.05) is 0 Å². The predicted octanol–water partition coefficient (Wildman–Crippen LogP) is 2.69. The smallest absolute Gasteiger partial charge is 0.243 e. The number of hydrogen-bond acceptors (Lipinski definition) is 4. The molecule has 0 atom stereocenters. The van der Waals surface area contributed by atoms with E-state index in [0.29, 0.717) is 5.56 Å². The van der Waals surface area contributed by atoms with Crippen LogP contribution < -0.4 is 4.74 Å². The summed E-state index contributed by atoms with van der Waals surface area (Å²) in [4.78, 5) is 9.93. The van der Waals surface area contributed by atoms with Crippen molar-refractivity contribution in [1.82, 2.24) is 0 Å². The molecule has 1 aromatic rings. The molecule has 0 saturated heterocycles. The van der Waals surface area contributed by atoms with Crippen molar-refractivity contribution in [1.29, 1.82) is 0 Å². The predicted molar refractivity (Wildman–Crippen MR) is 60.3 cm³/mol. The Morgan fingerprint density at radius 2 is 2.25 bits per heavy atom. The van der Waals surface area contributed by atoms with Crippen LogP contribution in [0, 0.1) is 10.1 Å². The van der Waals surface area contributed by atoms with E-state index in [1.165, 1.54) is 32.2 Å². The topological polar surface area (TPSA) is 72.6 Å². The van der Waals surface area contributed by atoms with E-state index in [4.69, 9.17) is 16.3 Å². The molecular formula is C10H10ClNO4. The number of halogens is 1. The van der Waals surface area contributed by atoms with Crippen molar-refractivity contribution in [2.75, 3.05) is 7.11 Å². The molecule has 0 unspecified atom stereocenters. The van der Waals surface area contributed by atoms with Crippen LogP contribution in [0.25, 0.3) is 6.08 Å². The second-order valence-corrected chi connectivity index (χ2v) is 3.50. The number of rotatable bonds is 3. The molecule has 0 aliphatic rings. The summed E-state index contributed by atoms with van der Waals surface area (Å²) in [6.45, 7) is 1.37. The molecule has 86 valence electrons. The van der Waals surface area contributed by atoms with Crippen molar-refractivity contribution >= 4 is 17.7 Å². The summed E-state index contributed by atoms with van der Waals surface area (Å²) >= 11 is 5.73. The van der Waals surface area contributed by atoms with Gasteiger partial charge in [-0.05, 0) is 17.7 Å². The number of allylic oxidation sites excluding steroid dienone is 1. The Morgan fingerprint density at radius 3 is 2.75 bits per heavy atom. The number of methoxy groups -OCH3 is 1. The maximum absolute atomic E-state index is 10.4. The highest BCUT2D eigenvalue weighted by Gasteiger charge is 2.09. The number of hydrogen-bond donors (Lipinski definition) is 1. The van der Waals surface area contributed by atoms with E-state index in [-0.39, 0.29) is 22.2 Å². The van der Waals surface area contributed by atoms with Crippen LogP contribution in [0.2, 0.25) is 5.02 Å². The molecule has 16 heavy (non-hydrogen) atoms.